The highest BCUT2D eigenvalue weighted by molar-refractivity contribution is 5.02. The van der Waals surface area contributed by atoms with Gasteiger partial charge in [-0.15, -0.1) is 0 Å². The van der Waals surface area contributed by atoms with Crippen molar-refractivity contribution in [1.29, 1.82) is 0 Å². The van der Waals surface area contributed by atoms with E-state index < -0.39 is 12.1 Å². The number of halogens is 3. The normalized spacial score (nSPS) is 18.1. The van der Waals surface area contributed by atoms with Crippen LogP contribution in [0.4, 0.5) is 13.2 Å². The Hall–Kier alpha value is -0.470. The molecule has 0 aliphatic heterocycles. The van der Waals surface area contributed by atoms with Crippen molar-refractivity contribution in [3.05, 3.63) is 11.6 Å². The van der Waals surface area contributed by atoms with Crippen molar-refractivity contribution < 1.29 is 13.2 Å². The van der Waals surface area contributed by atoms with Gasteiger partial charge in [0.15, 0.2) is 0 Å². The molecule has 3 heteroatoms. The van der Waals surface area contributed by atoms with E-state index in [0.29, 0.717) is 5.92 Å². The Kier molecular flexibility index (Phi) is 5.24. The number of rotatable bonds is 4. The van der Waals surface area contributed by atoms with Gasteiger partial charge in [-0.25, -0.2) is 0 Å². The van der Waals surface area contributed by atoms with Gasteiger partial charge < -0.3 is 0 Å². The molecule has 0 spiro atoms. The summed E-state index contributed by atoms with van der Waals surface area (Å²) in [6.07, 6.45) is -1.01. The SMILES string of the molecule is CCC(C)C/C(C)=C\C(C)C(F)(F)F. The molecule has 2 unspecified atom stereocenters. The minimum Gasteiger partial charge on any atom is -0.170 e. The van der Waals surface area contributed by atoms with Gasteiger partial charge in [-0.1, -0.05) is 38.8 Å². The average molecular weight is 208 g/mol. The van der Waals surface area contributed by atoms with E-state index in [1.807, 2.05) is 6.92 Å². The van der Waals surface area contributed by atoms with Crippen LogP contribution in [0.1, 0.15) is 40.5 Å². The molecular weight excluding hydrogens is 189 g/mol. The van der Waals surface area contributed by atoms with Gasteiger partial charge in [-0.3, -0.25) is 0 Å². The van der Waals surface area contributed by atoms with E-state index in [1.165, 1.54) is 13.0 Å². The zero-order valence-corrected chi connectivity index (χ0v) is 9.28. The molecule has 0 bridgehead atoms. The molecule has 0 aromatic carbocycles. The molecule has 0 amide bonds. The van der Waals surface area contributed by atoms with E-state index in [1.54, 1.807) is 6.92 Å². The smallest absolute Gasteiger partial charge is 0.170 e. The van der Waals surface area contributed by atoms with Crippen LogP contribution >= 0.6 is 0 Å². The zero-order chi connectivity index (χ0) is 11.4. The molecule has 0 aromatic heterocycles. The van der Waals surface area contributed by atoms with Crippen molar-refractivity contribution in [2.24, 2.45) is 11.8 Å². The third-order valence-electron chi connectivity index (χ3n) is 2.42. The van der Waals surface area contributed by atoms with E-state index in [0.717, 1.165) is 18.4 Å². The molecule has 0 radical (unpaired) electrons. The third-order valence-corrected chi connectivity index (χ3v) is 2.42. The highest BCUT2D eigenvalue weighted by Gasteiger charge is 2.34. The maximum atomic E-state index is 12.2. The summed E-state index contributed by atoms with van der Waals surface area (Å²) in [6.45, 7) is 7.06. The molecular formula is C11H19F3. The van der Waals surface area contributed by atoms with E-state index in [4.69, 9.17) is 0 Å². The van der Waals surface area contributed by atoms with Gasteiger partial charge in [0.05, 0.1) is 5.92 Å². The second-order valence-corrected chi connectivity index (χ2v) is 4.06. The monoisotopic (exact) mass is 208 g/mol. The molecule has 0 aliphatic carbocycles. The van der Waals surface area contributed by atoms with Crippen LogP contribution in [0, 0.1) is 11.8 Å². The minimum atomic E-state index is -4.10. The molecule has 0 saturated carbocycles. The Morgan fingerprint density at radius 3 is 2.14 bits per heavy atom. The van der Waals surface area contributed by atoms with Gasteiger partial charge in [-0.05, 0) is 19.3 Å². The van der Waals surface area contributed by atoms with Gasteiger partial charge in [0.1, 0.15) is 0 Å². The Labute approximate surface area is 84.2 Å². The number of allylic oxidation sites excluding steroid dienone is 2. The van der Waals surface area contributed by atoms with E-state index in [9.17, 15) is 13.2 Å². The molecule has 0 saturated heterocycles. The first-order chi connectivity index (χ1) is 6.27. The summed E-state index contributed by atoms with van der Waals surface area (Å²) in [5.74, 6) is -0.863. The van der Waals surface area contributed by atoms with Crippen LogP contribution in [0.3, 0.4) is 0 Å². The lowest BCUT2D eigenvalue weighted by molar-refractivity contribution is -0.156. The summed E-state index contributed by atoms with van der Waals surface area (Å²) in [4.78, 5) is 0. The summed E-state index contributed by atoms with van der Waals surface area (Å²) in [5.41, 5.74) is 0.837. The first-order valence-corrected chi connectivity index (χ1v) is 5.01. The molecule has 84 valence electrons. The molecule has 2 atom stereocenters. The van der Waals surface area contributed by atoms with Crippen LogP contribution < -0.4 is 0 Å². The zero-order valence-electron chi connectivity index (χ0n) is 9.28. The lowest BCUT2D eigenvalue weighted by Crippen LogP contribution is -2.17. The molecule has 0 nitrogen and oxygen atoms in total. The number of alkyl halides is 3. The van der Waals surface area contributed by atoms with Crippen LogP contribution in [0.2, 0.25) is 0 Å². The summed E-state index contributed by atoms with van der Waals surface area (Å²) in [6, 6.07) is 0. The predicted octanol–water partition coefficient (Wildman–Crippen LogP) is 4.57. The largest absolute Gasteiger partial charge is 0.394 e. The van der Waals surface area contributed by atoms with Crippen LogP contribution in [0.25, 0.3) is 0 Å². The topological polar surface area (TPSA) is 0 Å². The predicted molar refractivity (Wildman–Crippen MR) is 53.0 cm³/mol. The minimum absolute atomic E-state index is 0.465. The Bertz CT molecular complexity index is 191. The summed E-state index contributed by atoms with van der Waals surface area (Å²) in [7, 11) is 0. The molecule has 0 heterocycles. The fourth-order valence-corrected chi connectivity index (χ4v) is 1.28. The van der Waals surface area contributed by atoms with E-state index in [2.05, 4.69) is 6.92 Å². The Morgan fingerprint density at radius 2 is 1.79 bits per heavy atom. The molecule has 0 fully saturated rings. The van der Waals surface area contributed by atoms with Crippen LogP contribution in [0.5, 0.6) is 0 Å². The van der Waals surface area contributed by atoms with Gasteiger partial charge in [0, 0.05) is 0 Å². The second-order valence-electron chi connectivity index (χ2n) is 4.06. The van der Waals surface area contributed by atoms with Gasteiger partial charge in [0.25, 0.3) is 0 Å². The Balaban J connectivity index is 4.23. The number of hydrogen-bond acceptors (Lipinski definition) is 0. The first kappa shape index (κ1) is 13.5. The van der Waals surface area contributed by atoms with Gasteiger partial charge in [0.2, 0.25) is 0 Å². The molecule has 0 aromatic rings. The summed E-state index contributed by atoms with van der Waals surface area (Å²) in [5, 5.41) is 0. The van der Waals surface area contributed by atoms with Crippen molar-refractivity contribution >= 4 is 0 Å². The second kappa shape index (κ2) is 5.42. The summed E-state index contributed by atoms with van der Waals surface area (Å²) < 4.78 is 36.6. The molecule has 14 heavy (non-hydrogen) atoms. The van der Waals surface area contributed by atoms with Gasteiger partial charge >= 0.3 is 6.18 Å². The maximum Gasteiger partial charge on any atom is 0.394 e. The fourth-order valence-electron chi connectivity index (χ4n) is 1.28. The average Bonchev–Trinajstić information content (AvgIpc) is 2.02. The highest BCUT2D eigenvalue weighted by atomic mass is 19.4. The van der Waals surface area contributed by atoms with Crippen molar-refractivity contribution in [3.63, 3.8) is 0 Å². The van der Waals surface area contributed by atoms with Gasteiger partial charge in [-0.2, -0.15) is 13.2 Å². The van der Waals surface area contributed by atoms with Crippen LogP contribution in [-0.4, -0.2) is 6.18 Å². The lowest BCUT2D eigenvalue weighted by atomic mass is 9.97. The first-order valence-electron chi connectivity index (χ1n) is 5.01. The lowest BCUT2D eigenvalue weighted by Gasteiger charge is -2.14. The van der Waals surface area contributed by atoms with Crippen molar-refractivity contribution in [2.75, 3.05) is 0 Å². The molecule has 0 aliphatic rings. The fraction of sp³-hybridized carbons (Fsp3) is 0.818. The van der Waals surface area contributed by atoms with Crippen molar-refractivity contribution in [1.82, 2.24) is 0 Å². The quantitative estimate of drug-likeness (QED) is 0.594. The number of hydrogen-bond donors (Lipinski definition) is 0. The Morgan fingerprint density at radius 1 is 1.29 bits per heavy atom. The van der Waals surface area contributed by atoms with Crippen molar-refractivity contribution in [3.8, 4) is 0 Å². The molecule has 0 N–H and O–H groups in total. The van der Waals surface area contributed by atoms with E-state index in [-0.39, 0.29) is 0 Å². The summed E-state index contributed by atoms with van der Waals surface area (Å²) >= 11 is 0. The third kappa shape index (κ3) is 5.30. The van der Waals surface area contributed by atoms with Crippen LogP contribution in [0.15, 0.2) is 11.6 Å². The van der Waals surface area contributed by atoms with E-state index >= 15 is 0 Å². The standard InChI is InChI=1S/C11H19F3/c1-5-8(2)6-9(3)7-10(4)11(12,13)14/h7-8,10H,5-6H2,1-4H3/b9-7-. The molecule has 0 rings (SSSR count). The van der Waals surface area contributed by atoms with Crippen molar-refractivity contribution in [2.45, 2.75) is 46.7 Å². The van der Waals surface area contributed by atoms with Crippen LogP contribution in [-0.2, 0) is 0 Å². The highest BCUT2D eigenvalue weighted by Crippen LogP contribution is 2.28. The maximum absolute atomic E-state index is 12.2.